The standard InChI is InChI=1S/C21H19N5O2/c27-21(22-12-17-9-10-18(28-17)14-4-2-1-3-5-14)23-16-8-11-19-24-25-20(15-6-7-15)26(19)13-16/h1-5,8-11,13,15H,6-7,12H2,(H2,22,23,27). The first-order valence-corrected chi connectivity index (χ1v) is 9.30. The molecule has 1 saturated carbocycles. The van der Waals surface area contributed by atoms with Crippen molar-refractivity contribution in [2.75, 3.05) is 5.32 Å². The average molecular weight is 373 g/mol. The van der Waals surface area contributed by atoms with E-state index in [0.717, 1.165) is 35.6 Å². The van der Waals surface area contributed by atoms with Crippen molar-refractivity contribution in [2.45, 2.75) is 25.3 Å². The topological polar surface area (TPSA) is 84.5 Å². The van der Waals surface area contributed by atoms with E-state index in [1.54, 1.807) is 0 Å². The third-order valence-corrected chi connectivity index (χ3v) is 4.77. The SMILES string of the molecule is O=C(NCc1ccc(-c2ccccc2)o1)Nc1ccc2nnc(C3CC3)n2c1. The van der Waals surface area contributed by atoms with Gasteiger partial charge in [-0.2, -0.15) is 0 Å². The number of hydrogen-bond donors (Lipinski definition) is 2. The fourth-order valence-corrected chi connectivity index (χ4v) is 3.18. The van der Waals surface area contributed by atoms with Crippen molar-refractivity contribution in [1.29, 1.82) is 0 Å². The van der Waals surface area contributed by atoms with Crippen molar-refractivity contribution in [3.05, 3.63) is 72.4 Å². The number of nitrogens with one attached hydrogen (secondary N) is 2. The molecule has 0 unspecified atom stereocenters. The second-order valence-corrected chi connectivity index (χ2v) is 6.92. The number of carbonyl (C=O) groups excluding carboxylic acids is 1. The normalized spacial score (nSPS) is 13.6. The first-order valence-electron chi connectivity index (χ1n) is 9.30. The summed E-state index contributed by atoms with van der Waals surface area (Å²) in [4.78, 5) is 12.3. The summed E-state index contributed by atoms with van der Waals surface area (Å²) in [5, 5.41) is 14.1. The predicted octanol–water partition coefficient (Wildman–Crippen LogP) is 4.19. The molecular weight excluding hydrogens is 354 g/mol. The maximum atomic E-state index is 12.3. The fraction of sp³-hybridized carbons (Fsp3) is 0.190. The molecule has 7 nitrogen and oxygen atoms in total. The van der Waals surface area contributed by atoms with Crippen molar-refractivity contribution in [3.63, 3.8) is 0 Å². The van der Waals surface area contributed by atoms with E-state index in [-0.39, 0.29) is 6.03 Å². The minimum atomic E-state index is -0.293. The molecular formula is C21H19N5O2. The number of rotatable bonds is 5. The number of furan rings is 1. The number of anilines is 1. The van der Waals surface area contributed by atoms with Gasteiger partial charge in [0.2, 0.25) is 0 Å². The van der Waals surface area contributed by atoms with Gasteiger partial charge >= 0.3 is 6.03 Å². The Labute approximate surface area is 161 Å². The predicted molar refractivity (Wildman–Crippen MR) is 105 cm³/mol. The van der Waals surface area contributed by atoms with Crippen LogP contribution in [0.3, 0.4) is 0 Å². The van der Waals surface area contributed by atoms with E-state index in [9.17, 15) is 4.79 Å². The number of aromatic nitrogens is 3. The van der Waals surface area contributed by atoms with Crippen LogP contribution in [0, 0.1) is 0 Å². The molecule has 3 heterocycles. The molecule has 2 amide bonds. The van der Waals surface area contributed by atoms with Gasteiger partial charge in [-0.3, -0.25) is 4.40 Å². The Morgan fingerprint density at radius 1 is 1.07 bits per heavy atom. The van der Waals surface area contributed by atoms with Crippen molar-refractivity contribution in [3.8, 4) is 11.3 Å². The highest BCUT2D eigenvalue weighted by Crippen LogP contribution is 2.39. The van der Waals surface area contributed by atoms with Crippen LogP contribution in [0.4, 0.5) is 10.5 Å². The molecule has 140 valence electrons. The molecule has 4 aromatic rings. The molecule has 0 aliphatic heterocycles. The van der Waals surface area contributed by atoms with Crippen LogP contribution in [-0.4, -0.2) is 20.6 Å². The Kier molecular flexibility index (Phi) is 4.05. The smallest absolute Gasteiger partial charge is 0.319 e. The van der Waals surface area contributed by atoms with Gasteiger partial charge in [-0.1, -0.05) is 30.3 Å². The lowest BCUT2D eigenvalue weighted by Crippen LogP contribution is -2.28. The Morgan fingerprint density at radius 2 is 1.93 bits per heavy atom. The van der Waals surface area contributed by atoms with Gasteiger partial charge in [-0.15, -0.1) is 10.2 Å². The summed E-state index contributed by atoms with van der Waals surface area (Å²) in [5.74, 6) is 2.92. The van der Waals surface area contributed by atoms with Gasteiger partial charge in [0.05, 0.1) is 12.2 Å². The zero-order valence-corrected chi connectivity index (χ0v) is 15.1. The van der Waals surface area contributed by atoms with Gasteiger partial charge in [0, 0.05) is 17.7 Å². The van der Waals surface area contributed by atoms with Crippen molar-refractivity contribution >= 4 is 17.4 Å². The molecule has 1 aromatic carbocycles. The first-order chi connectivity index (χ1) is 13.8. The minimum absolute atomic E-state index is 0.293. The number of urea groups is 1. The van der Waals surface area contributed by atoms with Crippen LogP contribution in [0.5, 0.6) is 0 Å². The van der Waals surface area contributed by atoms with Crippen LogP contribution in [0.25, 0.3) is 17.0 Å². The highest BCUT2D eigenvalue weighted by atomic mass is 16.3. The van der Waals surface area contributed by atoms with Crippen LogP contribution in [-0.2, 0) is 6.54 Å². The Morgan fingerprint density at radius 3 is 2.75 bits per heavy atom. The van der Waals surface area contributed by atoms with Crippen LogP contribution in [0.2, 0.25) is 0 Å². The molecule has 1 aliphatic carbocycles. The Balaban J connectivity index is 1.22. The molecule has 28 heavy (non-hydrogen) atoms. The summed E-state index contributed by atoms with van der Waals surface area (Å²) in [6.07, 6.45) is 4.16. The van der Waals surface area contributed by atoms with Gasteiger partial charge in [0.1, 0.15) is 17.3 Å². The van der Waals surface area contributed by atoms with E-state index in [0.29, 0.717) is 23.9 Å². The van der Waals surface area contributed by atoms with Gasteiger partial charge in [0.25, 0.3) is 0 Å². The molecule has 0 saturated heterocycles. The number of amides is 2. The van der Waals surface area contributed by atoms with Gasteiger partial charge < -0.3 is 15.1 Å². The van der Waals surface area contributed by atoms with E-state index in [2.05, 4.69) is 20.8 Å². The van der Waals surface area contributed by atoms with E-state index in [1.807, 2.05) is 65.2 Å². The zero-order chi connectivity index (χ0) is 18.9. The number of hydrogen-bond acceptors (Lipinski definition) is 4. The molecule has 3 aromatic heterocycles. The summed E-state index contributed by atoms with van der Waals surface area (Å²) in [7, 11) is 0. The highest BCUT2D eigenvalue weighted by Gasteiger charge is 2.28. The largest absolute Gasteiger partial charge is 0.459 e. The maximum absolute atomic E-state index is 12.3. The maximum Gasteiger partial charge on any atom is 0.319 e. The van der Waals surface area contributed by atoms with Gasteiger partial charge in [-0.25, -0.2) is 4.79 Å². The molecule has 2 N–H and O–H groups in total. The van der Waals surface area contributed by atoms with Crippen LogP contribution in [0.1, 0.15) is 30.3 Å². The number of fused-ring (bicyclic) bond motifs is 1. The quantitative estimate of drug-likeness (QED) is 0.549. The lowest BCUT2D eigenvalue weighted by Gasteiger charge is -2.07. The van der Waals surface area contributed by atoms with Gasteiger partial charge in [0.15, 0.2) is 5.65 Å². The second-order valence-electron chi connectivity index (χ2n) is 6.92. The molecule has 1 fully saturated rings. The van der Waals surface area contributed by atoms with E-state index < -0.39 is 0 Å². The third-order valence-electron chi connectivity index (χ3n) is 4.77. The molecule has 7 heteroatoms. The number of nitrogens with zero attached hydrogens (tertiary/aromatic N) is 3. The van der Waals surface area contributed by atoms with Crippen molar-refractivity contribution < 1.29 is 9.21 Å². The molecule has 0 spiro atoms. The monoisotopic (exact) mass is 373 g/mol. The molecule has 0 bridgehead atoms. The van der Waals surface area contributed by atoms with Crippen LogP contribution in [0.15, 0.2) is 65.2 Å². The van der Waals surface area contributed by atoms with E-state index >= 15 is 0 Å². The average Bonchev–Trinajstić information content (AvgIpc) is 3.30. The van der Waals surface area contributed by atoms with E-state index in [4.69, 9.17) is 4.42 Å². The first kappa shape index (κ1) is 16.6. The van der Waals surface area contributed by atoms with E-state index in [1.165, 1.54) is 0 Å². The molecule has 1 aliphatic rings. The van der Waals surface area contributed by atoms with Crippen LogP contribution < -0.4 is 10.6 Å². The summed E-state index contributed by atoms with van der Waals surface area (Å²) in [6.45, 7) is 0.306. The minimum Gasteiger partial charge on any atom is -0.459 e. The van der Waals surface area contributed by atoms with Crippen LogP contribution >= 0.6 is 0 Å². The molecule has 0 radical (unpaired) electrons. The van der Waals surface area contributed by atoms with Crippen molar-refractivity contribution in [1.82, 2.24) is 19.9 Å². The Bertz CT molecular complexity index is 1130. The Hall–Kier alpha value is -3.61. The second kappa shape index (κ2) is 6.84. The lowest BCUT2D eigenvalue weighted by molar-refractivity contribution is 0.251. The summed E-state index contributed by atoms with van der Waals surface area (Å²) in [6, 6.07) is 17.0. The number of carbonyl (C=O) groups is 1. The number of benzene rings is 1. The summed E-state index contributed by atoms with van der Waals surface area (Å²) >= 11 is 0. The van der Waals surface area contributed by atoms with Crippen molar-refractivity contribution in [2.24, 2.45) is 0 Å². The fourth-order valence-electron chi connectivity index (χ4n) is 3.18. The molecule has 0 atom stereocenters. The zero-order valence-electron chi connectivity index (χ0n) is 15.1. The lowest BCUT2D eigenvalue weighted by atomic mass is 10.2. The third kappa shape index (κ3) is 3.34. The summed E-state index contributed by atoms with van der Waals surface area (Å²) < 4.78 is 7.75. The number of pyridine rings is 1. The highest BCUT2D eigenvalue weighted by molar-refractivity contribution is 5.89. The summed E-state index contributed by atoms with van der Waals surface area (Å²) in [5.41, 5.74) is 2.49. The molecule has 5 rings (SSSR count). The van der Waals surface area contributed by atoms with Gasteiger partial charge in [-0.05, 0) is 37.1 Å².